The van der Waals surface area contributed by atoms with Gasteiger partial charge in [-0.1, -0.05) is 19.8 Å². The Bertz CT molecular complexity index is 632. The van der Waals surface area contributed by atoms with Crippen LogP contribution in [0.3, 0.4) is 0 Å². The lowest BCUT2D eigenvalue weighted by Gasteiger charge is -2.25. The van der Waals surface area contributed by atoms with Crippen LogP contribution in [-0.4, -0.2) is 25.2 Å². The molecule has 5 heteroatoms. The maximum absolute atomic E-state index is 12.4. The van der Waals surface area contributed by atoms with Gasteiger partial charge in [0.15, 0.2) is 5.88 Å². The molecule has 4 rings (SSSR count). The van der Waals surface area contributed by atoms with E-state index in [0.717, 1.165) is 19.0 Å². The van der Waals surface area contributed by atoms with Gasteiger partial charge in [0.2, 0.25) is 5.91 Å². The van der Waals surface area contributed by atoms with E-state index >= 15 is 0 Å². The van der Waals surface area contributed by atoms with Crippen molar-refractivity contribution in [3.05, 3.63) is 17.9 Å². The van der Waals surface area contributed by atoms with Crippen LogP contribution < -0.4 is 10.3 Å². The van der Waals surface area contributed by atoms with Gasteiger partial charge in [0.1, 0.15) is 5.76 Å². The molecule has 2 saturated carbocycles. The van der Waals surface area contributed by atoms with E-state index in [1.54, 1.807) is 6.21 Å². The second-order valence-electron chi connectivity index (χ2n) is 7.79. The van der Waals surface area contributed by atoms with E-state index in [0.29, 0.717) is 11.7 Å². The fourth-order valence-corrected chi connectivity index (χ4v) is 4.78. The van der Waals surface area contributed by atoms with Crippen LogP contribution in [0, 0.1) is 17.3 Å². The Balaban J connectivity index is 1.31. The molecule has 3 aliphatic rings. The Hall–Kier alpha value is -1.78. The summed E-state index contributed by atoms with van der Waals surface area (Å²) in [5.41, 5.74) is 2.95. The van der Waals surface area contributed by atoms with Crippen molar-refractivity contribution in [3.63, 3.8) is 0 Å². The van der Waals surface area contributed by atoms with E-state index in [4.69, 9.17) is 4.42 Å². The van der Waals surface area contributed by atoms with E-state index in [2.05, 4.69) is 22.4 Å². The minimum Gasteiger partial charge on any atom is -0.440 e. The molecule has 1 aromatic rings. The highest BCUT2D eigenvalue weighted by Crippen LogP contribution is 2.66. The zero-order chi connectivity index (χ0) is 16.6. The largest absolute Gasteiger partial charge is 0.440 e. The number of rotatable bonds is 4. The number of hydrazone groups is 1. The number of piperidine rings is 1. The summed E-state index contributed by atoms with van der Waals surface area (Å²) in [6, 6.07) is 3.91. The van der Waals surface area contributed by atoms with E-state index < -0.39 is 0 Å². The van der Waals surface area contributed by atoms with Crippen molar-refractivity contribution >= 4 is 18.0 Å². The Labute approximate surface area is 143 Å². The first-order chi connectivity index (χ1) is 11.7. The molecule has 3 fully saturated rings. The van der Waals surface area contributed by atoms with Crippen molar-refractivity contribution in [1.82, 2.24) is 5.43 Å². The van der Waals surface area contributed by atoms with Crippen molar-refractivity contribution in [2.75, 3.05) is 18.0 Å². The first kappa shape index (κ1) is 15.7. The molecule has 130 valence electrons. The Kier molecular flexibility index (Phi) is 4.10. The van der Waals surface area contributed by atoms with Crippen LogP contribution in [0.5, 0.6) is 0 Å². The highest BCUT2D eigenvalue weighted by molar-refractivity contribution is 5.85. The molecule has 24 heavy (non-hydrogen) atoms. The van der Waals surface area contributed by atoms with Crippen molar-refractivity contribution in [2.45, 2.75) is 51.9 Å². The van der Waals surface area contributed by atoms with Crippen LogP contribution >= 0.6 is 0 Å². The van der Waals surface area contributed by atoms with Crippen molar-refractivity contribution in [3.8, 4) is 0 Å². The molecule has 0 bridgehead atoms. The third kappa shape index (κ3) is 2.85. The number of furan rings is 1. The summed E-state index contributed by atoms with van der Waals surface area (Å²) in [5.74, 6) is 2.38. The molecular formula is C19H27N3O2. The molecule has 0 radical (unpaired) electrons. The zero-order valence-electron chi connectivity index (χ0n) is 14.5. The molecule has 3 atom stereocenters. The quantitative estimate of drug-likeness (QED) is 0.679. The SMILES string of the molecule is C[C@]12CCCC[C@H]1[C@@H]2C(=O)N/N=C\c1ccc(N2CCCCC2)o1. The van der Waals surface area contributed by atoms with Gasteiger partial charge in [-0.3, -0.25) is 4.79 Å². The normalized spacial score (nSPS) is 32.6. The molecule has 1 aliphatic heterocycles. The number of carbonyl (C=O) groups excluding carboxylic acids is 1. The van der Waals surface area contributed by atoms with Gasteiger partial charge in [-0.2, -0.15) is 5.10 Å². The lowest BCUT2D eigenvalue weighted by molar-refractivity contribution is -0.123. The third-order valence-corrected chi connectivity index (χ3v) is 6.26. The fourth-order valence-electron chi connectivity index (χ4n) is 4.78. The van der Waals surface area contributed by atoms with Gasteiger partial charge in [0, 0.05) is 25.1 Å². The number of nitrogens with one attached hydrogen (secondary N) is 1. The predicted molar refractivity (Wildman–Crippen MR) is 94.1 cm³/mol. The number of anilines is 1. The molecule has 1 amide bonds. The Morgan fingerprint density at radius 2 is 2.12 bits per heavy atom. The lowest BCUT2D eigenvalue weighted by atomic mass is 9.90. The maximum atomic E-state index is 12.4. The fraction of sp³-hybridized carbons (Fsp3) is 0.684. The number of amides is 1. The summed E-state index contributed by atoms with van der Waals surface area (Å²) in [7, 11) is 0. The van der Waals surface area contributed by atoms with Gasteiger partial charge in [-0.25, -0.2) is 5.43 Å². The summed E-state index contributed by atoms with van der Waals surface area (Å²) < 4.78 is 5.82. The first-order valence-electron chi connectivity index (χ1n) is 9.36. The number of fused-ring (bicyclic) bond motifs is 1. The summed E-state index contributed by atoms with van der Waals surface area (Å²) in [5, 5.41) is 4.11. The summed E-state index contributed by atoms with van der Waals surface area (Å²) in [6.45, 7) is 4.37. The minimum atomic E-state index is 0.0726. The molecule has 1 saturated heterocycles. The topological polar surface area (TPSA) is 57.8 Å². The van der Waals surface area contributed by atoms with Gasteiger partial charge >= 0.3 is 0 Å². The molecule has 1 aromatic heterocycles. The van der Waals surface area contributed by atoms with Crippen LogP contribution in [0.4, 0.5) is 5.88 Å². The molecular weight excluding hydrogens is 302 g/mol. The maximum Gasteiger partial charge on any atom is 0.244 e. The zero-order valence-corrected chi connectivity index (χ0v) is 14.5. The van der Waals surface area contributed by atoms with Crippen LogP contribution in [0.25, 0.3) is 0 Å². The van der Waals surface area contributed by atoms with Crippen LogP contribution in [-0.2, 0) is 4.79 Å². The van der Waals surface area contributed by atoms with E-state index in [-0.39, 0.29) is 17.2 Å². The van der Waals surface area contributed by atoms with Crippen molar-refractivity contribution in [2.24, 2.45) is 22.4 Å². The third-order valence-electron chi connectivity index (χ3n) is 6.26. The average molecular weight is 329 g/mol. The van der Waals surface area contributed by atoms with Crippen LogP contribution in [0.15, 0.2) is 21.7 Å². The molecule has 2 heterocycles. The number of hydrogen-bond donors (Lipinski definition) is 1. The highest BCUT2D eigenvalue weighted by Gasteiger charge is 2.64. The van der Waals surface area contributed by atoms with E-state index in [1.165, 1.54) is 44.9 Å². The van der Waals surface area contributed by atoms with E-state index in [1.807, 2.05) is 12.1 Å². The molecule has 2 aliphatic carbocycles. The Morgan fingerprint density at radius 3 is 2.88 bits per heavy atom. The lowest BCUT2D eigenvalue weighted by Crippen LogP contribution is -2.28. The van der Waals surface area contributed by atoms with Gasteiger partial charge in [0.25, 0.3) is 0 Å². The average Bonchev–Trinajstić information content (AvgIpc) is 2.97. The molecule has 0 aromatic carbocycles. The molecule has 0 unspecified atom stereocenters. The molecule has 0 spiro atoms. The number of nitrogens with zero attached hydrogens (tertiary/aromatic N) is 2. The van der Waals surface area contributed by atoms with Crippen LogP contribution in [0.2, 0.25) is 0 Å². The van der Waals surface area contributed by atoms with Gasteiger partial charge in [0.05, 0.1) is 6.21 Å². The first-order valence-corrected chi connectivity index (χ1v) is 9.36. The summed E-state index contributed by atoms with van der Waals surface area (Å²) >= 11 is 0. The van der Waals surface area contributed by atoms with Crippen LogP contribution in [0.1, 0.15) is 57.6 Å². The molecule has 1 N–H and O–H groups in total. The van der Waals surface area contributed by atoms with Gasteiger partial charge < -0.3 is 9.32 Å². The summed E-state index contributed by atoms with van der Waals surface area (Å²) in [6.07, 6.45) is 10.2. The molecule has 5 nitrogen and oxygen atoms in total. The number of hydrogen-bond acceptors (Lipinski definition) is 4. The number of carbonyl (C=O) groups is 1. The second kappa shape index (κ2) is 6.26. The smallest absolute Gasteiger partial charge is 0.244 e. The second-order valence-corrected chi connectivity index (χ2v) is 7.79. The van der Waals surface area contributed by atoms with E-state index in [9.17, 15) is 4.79 Å². The standard InChI is InChI=1S/C19H27N3O2/c1-19-10-4-3-7-15(19)17(19)18(23)21-20-13-14-8-9-16(24-14)22-11-5-2-6-12-22/h8-9,13,15,17H,2-7,10-12H2,1H3,(H,21,23)/b20-13-/t15-,17+,19-/m0/s1. The Morgan fingerprint density at radius 1 is 1.29 bits per heavy atom. The summed E-state index contributed by atoms with van der Waals surface area (Å²) in [4.78, 5) is 14.6. The monoisotopic (exact) mass is 329 g/mol. The van der Waals surface area contributed by atoms with Gasteiger partial charge in [-0.05, 0) is 49.5 Å². The van der Waals surface area contributed by atoms with Crippen molar-refractivity contribution in [1.29, 1.82) is 0 Å². The van der Waals surface area contributed by atoms with Crippen molar-refractivity contribution < 1.29 is 9.21 Å². The minimum absolute atomic E-state index is 0.0726. The van der Waals surface area contributed by atoms with Gasteiger partial charge in [-0.15, -0.1) is 0 Å². The highest BCUT2D eigenvalue weighted by atomic mass is 16.4. The predicted octanol–water partition coefficient (Wildman–Crippen LogP) is 3.55.